The average Bonchev–Trinajstić information content (AvgIpc) is 2.74. The Bertz CT molecular complexity index is 874. The predicted octanol–water partition coefficient (Wildman–Crippen LogP) is 3.99. The normalized spacial score (nSPS) is 11.4. The van der Waals surface area contributed by atoms with E-state index in [1.54, 1.807) is 26.0 Å². The summed E-state index contributed by atoms with van der Waals surface area (Å²) in [5.41, 5.74) is 4.04. The van der Waals surface area contributed by atoms with Crippen LogP contribution in [0.4, 0.5) is 0 Å². The zero-order valence-electron chi connectivity index (χ0n) is 19.7. The predicted molar refractivity (Wildman–Crippen MR) is 128 cm³/mol. The summed E-state index contributed by atoms with van der Waals surface area (Å²) in [6.07, 6.45) is 1.03. The number of amides is 1. The molecular weight excluding hydrogens is 388 g/mol. The number of carbonyl (C=O) groups excluding carboxylic acids is 1. The largest absolute Gasteiger partial charge is 0.493 e. The van der Waals surface area contributed by atoms with Crippen LogP contribution in [0, 0.1) is 12.8 Å². The van der Waals surface area contributed by atoms with E-state index in [-0.39, 0.29) is 5.91 Å². The Labute approximate surface area is 186 Å². The molecule has 0 aliphatic carbocycles. The molecular formula is C25H36N4O2. The maximum atomic E-state index is 12.0. The van der Waals surface area contributed by atoms with Crippen LogP contribution >= 0.6 is 0 Å². The van der Waals surface area contributed by atoms with Crippen LogP contribution in [0.2, 0.25) is 0 Å². The van der Waals surface area contributed by atoms with Crippen molar-refractivity contribution < 1.29 is 9.53 Å². The Morgan fingerprint density at radius 1 is 1.06 bits per heavy atom. The molecule has 2 N–H and O–H groups in total. The smallest absolute Gasteiger partial charge is 0.253 e. The van der Waals surface area contributed by atoms with Crippen molar-refractivity contribution >= 4 is 11.9 Å². The van der Waals surface area contributed by atoms with Gasteiger partial charge in [0.05, 0.1) is 6.61 Å². The first kappa shape index (κ1) is 24.3. The molecule has 0 aliphatic rings. The Morgan fingerprint density at radius 3 is 2.35 bits per heavy atom. The molecule has 0 aliphatic heterocycles. The average molecular weight is 425 g/mol. The third kappa shape index (κ3) is 7.96. The number of aliphatic imine (C=N–C) groups is 1. The van der Waals surface area contributed by atoms with E-state index in [0.29, 0.717) is 37.1 Å². The van der Waals surface area contributed by atoms with Gasteiger partial charge in [0.25, 0.3) is 5.91 Å². The summed E-state index contributed by atoms with van der Waals surface area (Å²) in [6.45, 7) is 8.42. The van der Waals surface area contributed by atoms with Crippen molar-refractivity contribution in [3.63, 3.8) is 0 Å². The highest BCUT2D eigenvalue weighted by Gasteiger charge is 2.09. The molecule has 6 nitrogen and oxygen atoms in total. The maximum Gasteiger partial charge on any atom is 0.253 e. The summed E-state index contributed by atoms with van der Waals surface area (Å²) in [6, 6.07) is 13.9. The monoisotopic (exact) mass is 424 g/mol. The first-order valence-corrected chi connectivity index (χ1v) is 10.8. The summed E-state index contributed by atoms with van der Waals surface area (Å²) in [4.78, 5) is 17.9. The van der Waals surface area contributed by atoms with Gasteiger partial charge in [0.15, 0.2) is 5.96 Å². The van der Waals surface area contributed by atoms with Crippen molar-refractivity contribution in [2.75, 3.05) is 27.7 Å². The van der Waals surface area contributed by atoms with Gasteiger partial charge in [0.2, 0.25) is 0 Å². The van der Waals surface area contributed by atoms with Crippen molar-refractivity contribution in [3.05, 3.63) is 64.7 Å². The van der Waals surface area contributed by atoms with Gasteiger partial charge in [-0.15, -0.1) is 0 Å². The van der Waals surface area contributed by atoms with Crippen LogP contribution in [0.1, 0.15) is 47.3 Å². The van der Waals surface area contributed by atoms with Gasteiger partial charge in [-0.3, -0.25) is 9.79 Å². The molecule has 0 radical (unpaired) electrons. The number of hydrogen-bond donors (Lipinski definition) is 2. The molecule has 2 aromatic carbocycles. The standard InChI is InChI=1S/C25H36N4O2/c1-18(2)13-14-31-23-15-19(3)7-10-22(23)17-28-25(26-4)27-16-20-8-11-21(12-9-20)24(30)29(5)6/h7-12,15,18H,13-14,16-17H2,1-6H3,(H2,26,27,28). The number of nitrogens with one attached hydrogen (secondary N) is 2. The quantitative estimate of drug-likeness (QED) is 0.472. The second-order valence-corrected chi connectivity index (χ2v) is 8.32. The molecule has 0 atom stereocenters. The lowest BCUT2D eigenvalue weighted by Crippen LogP contribution is -2.36. The van der Waals surface area contributed by atoms with Crippen molar-refractivity contribution in [1.29, 1.82) is 0 Å². The highest BCUT2D eigenvalue weighted by atomic mass is 16.5. The first-order chi connectivity index (χ1) is 14.8. The van der Waals surface area contributed by atoms with Crippen molar-refractivity contribution in [2.24, 2.45) is 10.9 Å². The first-order valence-electron chi connectivity index (χ1n) is 10.8. The van der Waals surface area contributed by atoms with E-state index < -0.39 is 0 Å². The Hall–Kier alpha value is -3.02. The van der Waals surface area contributed by atoms with Gasteiger partial charge in [-0.1, -0.05) is 38.1 Å². The van der Waals surface area contributed by atoms with Crippen LogP contribution in [0.15, 0.2) is 47.5 Å². The number of ether oxygens (including phenoxy) is 1. The molecule has 2 rings (SSSR count). The topological polar surface area (TPSA) is 66.0 Å². The van der Waals surface area contributed by atoms with Crippen molar-refractivity contribution in [2.45, 2.75) is 40.3 Å². The van der Waals surface area contributed by atoms with Crippen LogP contribution < -0.4 is 15.4 Å². The Balaban J connectivity index is 1.92. The minimum Gasteiger partial charge on any atom is -0.493 e. The Kier molecular flexibility index (Phi) is 9.38. The van der Waals surface area contributed by atoms with E-state index in [0.717, 1.165) is 23.3 Å². The molecule has 168 valence electrons. The van der Waals surface area contributed by atoms with Crippen molar-refractivity contribution in [3.8, 4) is 5.75 Å². The third-order valence-corrected chi connectivity index (χ3v) is 4.91. The number of benzene rings is 2. The highest BCUT2D eigenvalue weighted by Crippen LogP contribution is 2.21. The molecule has 0 saturated carbocycles. The zero-order valence-corrected chi connectivity index (χ0v) is 19.7. The van der Waals surface area contributed by atoms with E-state index >= 15 is 0 Å². The molecule has 6 heteroatoms. The highest BCUT2D eigenvalue weighted by molar-refractivity contribution is 5.93. The lowest BCUT2D eigenvalue weighted by Gasteiger charge is -2.16. The fourth-order valence-electron chi connectivity index (χ4n) is 2.96. The SMILES string of the molecule is CN=C(NCc1ccc(C(=O)N(C)C)cc1)NCc1ccc(C)cc1OCCC(C)C. The van der Waals surface area contributed by atoms with E-state index in [9.17, 15) is 4.79 Å². The summed E-state index contributed by atoms with van der Waals surface area (Å²) in [7, 11) is 5.26. The number of nitrogens with zero attached hydrogens (tertiary/aromatic N) is 2. The number of aryl methyl sites for hydroxylation is 1. The second-order valence-electron chi connectivity index (χ2n) is 8.32. The van der Waals surface area contributed by atoms with Crippen LogP contribution in [-0.4, -0.2) is 44.5 Å². The number of hydrogen-bond acceptors (Lipinski definition) is 3. The molecule has 0 fully saturated rings. The summed E-state index contributed by atoms with van der Waals surface area (Å²) < 4.78 is 6.04. The summed E-state index contributed by atoms with van der Waals surface area (Å²) in [5.74, 6) is 2.25. The number of carbonyl (C=O) groups is 1. The lowest BCUT2D eigenvalue weighted by molar-refractivity contribution is 0.0827. The summed E-state index contributed by atoms with van der Waals surface area (Å²) in [5, 5.41) is 6.68. The molecule has 0 heterocycles. The second kappa shape index (κ2) is 12.0. The number of guanidine groups is 1. The maximum absolute atomic E-state index is 12.0. The minimum absolute atomic E-state index is 0.00139. The molecule has 1 amide bonds. The van der Waals surface area contributed by atoms with Crippen LogP contribution in [0.3, 0.4) is 0 Å². The lowest BCUT2D eigenvalue weighted by atomic mass is 10.1. The molecule has 0 aromatic heterocycles. The molecule has 31 heavy (non-hydrogen) atoms. The van der Waals surface area contributed by atoms with Crippen LogP contribution in [0.25, 0.3) is 0 Å². The molecule has 0 bridgehead atoms. The molecule has 2 aromatic rings. The molecule has 0 spiro atoms. The zero-order chi connectivity index (χ0) is 22.8. The molecule has 0 unspecified atom stereocenters. The van der Waals surface area contributed by atoms with Gasteiger partial charge < -0.3 is 20.3 Å². The van der Waals surface area contributed by atoms with Gasteiger partial charge >= 0.3 is 0 Å². The minimum atomic E-state index is 0.00139. The number of rotatable bonds is 9. The Morgan fingerprint density at radius 2 is 1.74 bits per heavy atom. The van der Waals surface area contributed by atoms with Gasteiger partial charge in [-0.05, 0) is 48.6 Å². The summed E-state index contributed by atoms with van der Waals surface area (Å²) >= 11 is 0. The van der Waals surface area contributed by atoms with Gasteiger partial charge in [-0.25, -0.2) is 0 Å². The fraction of sp³-hybridized carbons (Fsp3) is 0.440. The van der Waals surface area contributed by atoms with E-state index in [1.807, 2.05) is 24.3 Å². The fourth-order valence-corrected chi connectivity index (χ4v) is 2.96. The van der Waals surface area contributed by atoms with Crippen molar-refractivity contribution in [1.82, 2.24) is 15.5 Å². The van der Waals surface area contributed by atoms with E-state index in [2.05, 4.69) is 54.6 Å². The van der Waals surface area contributed by atoms with Gasteiger partial charge in [-0.2, -0.15) is 0 Å². The van der Waals surface area contributed by atoms with E-state index in [1.165, 1.54) is 5.56 Å². The third-order valence-electron chi connectivity index (χ3n) is 4.91. The van der Waals surface area contributed by atoms with Gasteiger partial charge in [0.1, 0.15) is 5.75 Å². The van der Waals surface area contributed by atoms with Gasteiger partial charge in [0, 0.05) is 45.4 Å². The van der Waals surface area contributed by atoms with Crippen LogP contribution in [0.5, 0.6) is 5.75 Å². The van der Waals surface area contributed by atoms with Crippen LogP contribution in [-0.2, 0) is 13.1 Å². The van der Waals surface area contributed by atoms with E-state index in [4.69, 9.17) is 4.74 Å². The molecule has 0 saturated heterocycles.